The predicted octanol–water partition coefficient (Wildman–Crippen LogP) is 1.68. The highest BCUT2D eigenvalue weighted by Crippen LogP contribution is 2.32. The molecule has 0 bridgehead atoms. The van der Waals surface area contributed by atoms with Gasteiger partial charge in [0.05, 0.1) is 11.5 Å². The molecule has 0 spiro atoms. The molecule has 2 heterocycles. The Bertz CT molecular complexity index is 535. The van der Waals surface area contributed by atoms with Gasteiger partial charge in [0, 0.05) is 45.9 Å². The van der Waals surface area contributed by atoms with Crippen LogP contribution in [-0.4, -0.2) is 66.8 Å². The molecule has 2 saturated heterocycles. The van der Waals surface area contributed by atoms with E-state index < -0.39 is 6.10 Å². The summed E-state index contributed by atoms with van der Waals surface area (Å²) in [6, 6.07) is 9.76. The average Bonchev–Trinajstić information content (AvgIpc) is 2.63. The molecule has 1 N–H and O–H groups in total. The van der Waals surface area contributed by atoms with Crippen molar-refractivity contribution in [3.63, 3.8) is 0 Å². The summed E-state index contributed by atoms with van der Waals surface area (Å²) in [4.78, 5) is 17.1. The average molecular weight is 332 g/mol. The maximum Gasteiger partial charge on any atom is 0.228 e. The Morgan fingerprint density at radius 3 is 2.42 bits per heavy atom. The van der Waals surface area contributed by atoms with Crippen molar-refractivity contribution in [3.8, 4) is 0 Å². The minimum Gasteiger partial charge on any atom is -0.387 e. The Kier molecular flexibility index (Phi) is 5.54. The summed E-state index contributed by atoms with van der Waals surface area (Å²) in [7, 11) is 0. The van der Waals surface area contributed by atoms with Crippen molar-refractivity contribution in [2.45, 2.75) is 25.9 Å². The lowest BCUT2D eigenvalue weighted by Crippen LogP contribution is -2.54. The standard InChI is InChI=1S/C19H28N2O3/c1-19(7-13-24-14-8-19)18(23)21-11-9-20(10-12-21)15-17(22)16-5-3-2-4-6-16/h2-6,17,22H,7-15H2,1H3/t17-/m1/s1. The van der Waals surface area contributed by atoms with Gasteiger partial charge in [-0.1, -0.05) is 37.3 Å². The van der Waals surface area contributed by atoms with Crippen molar-refractivity contribution < 1.29 is 14.6 Å². The first kappa shape index (κ1) is 17.4. The zero-order valence-corrected chi connectivity index (χ0v) is 14.5. The van der Waals surface area contributed by atoms with Gasteiger partial charge in [-0.2, -0.15) is 0 Å². The number of hydrogen-bond acceptors (Lipinski definition) is 4. The first-order valence-corrected chi connectivity index (χ1v) is 8.91. The third-order valence-corrected chi connectivity index (χ3v) is 5.39. The van der Waals surface area contributed by atoms with Gasteiger partial charge in [-0.15, -0.1) is 0 Å². The molecule has 5 heteroatoms. The van der Waals surface area contributed by atoms with Crippen molar-refractivity contribution in [2.75, 3.05) is 45.9 Å². The molecule has 1 aromatic carbocycles. The summed E-state index contributed by atoms with van der Waals surface area (Å²) in [6.45, 7) is 7.20. The second kappa shape index (κ2) is 7.64. The number of aliphatic hydroxyl groups is 1. The van der Waals surface area contributed by atoms with Crippen LogP contribution in [0.5, 0.6) is 0 Å². The smallest absolute Gasteiger partial charge is 0.228 e. The number of β-amino-alcohol motifs (C(OH)–C–C–N with tert-alkyl or cyclic N) is 1. The largest absolute Gasteiger partial charge is 0.387 e. The highest BCUT2D eigenvalue weighted by molar-refractivity contribution is 5.82. The first-order valence-electron chi connectivity index (χ1n) is 8.91. The van der Waals surface area contributed by atoms with E-state index in [-0.39, 0.29) is 11.3 Å². The van der Waals surface area contributed by atoms with Crippen LogP contribution in [0.3, 0.4) is 0 Å². The number of nitrogens with zero attached hydrogens (tertiary/aromatic N) is 2. The molecular formula is C19H28N2O3. The second-order valence-corrected chi connectivity index (χ2v) is 7.19. The number of hydrogen-bond donors (Lipinski definition) is 1. The number of benzene rings is 1. The lowest BCUT2D eigenvalue weighted by molar-refractivity contribution is -0.148. The van der Waals surface area contributed by atoms with E-state index in [1.54, 1.807) is 0 Å². The van der Waals surface area contributed by atoms with Crippen LogP contribution < -0.4 is 0 Å². The van der Waals surface area contributed by atoms with Crippen molar-refractivity contribution in [1.29, 1.82) is 0 Å². The zero-order valence-electron chi connectivity index (χ0n) is 14.5. The Balaban J connectivity index is 1.49. The summed E-state index contributed by atoms with van der Waals surface area (Å²) in [5.41, 5.74) is 0.690. The summed E-state index contributed by atoms with van der Waals surface area (Å²) in [5.74, 6) is 0.272. The van der Waals surface area contributed by atoms with Gasteiger partial charge >= 0.3 is 0 Å². The van der Waals surface area contributed by atoms with Gasteiger partial charge in [-0.05, 0) is 18.4 Å². The molecule has 5 nitrogen and oxygen atoms in total. The van der Waals surface area contributed by atoms with Crippen molar-refractivity contribution in [3.05, 3.63) is 35.9 Å². The van der Waals surface area contributed by atoms with Gasteiger partial charge in [0.15, 0.2) is 0 Å². The Labute approximate surface area is 144 Å². The third-order valence-electron chi connectivity index (χ3n) is 5.39. The molecule has 2 aliphatic rings. The van der Waals surface area contributed by atoms with E-state index in [1.807, 2.05) is 35.2 Å². The van der Waals surface area contributed by atoms with E-state index >= 15 is 0 Å². The molecule has 3 rings (SSSR count). The molecule has 2 aliphatic heterocycles. The van der Waals surface area contributed by atoms with E-state index in [9.17, 15) is 9.90 Å². The van der Waals surface area contributed by atoms with Crippen LogP contribution in [0.1, 0.15) is 31.4 Å². The van der Waals surface area contributed by atoms with Gasteiger partial charge in [0.25, 0.3) is 0 Å². The summed E-state index contributed by atoms with van der Waals surface area (Å²) in [6.07, 6.45) is 1.17. The molecule has 0 aromatic heterocycles. The van der Waals surface area contributed by atoms with E-state index in [1.165, 1.54) is 0 Å². The molecule has 2 fully saturated rings. The van der Waals surface area contributed by atoms with Crippen LogP contribution in [0.4, 0.5) is 0 Å². The fourth-order valence-electron chi connectivity index (χ4n) is 3.58. The molecule has 1 aromatic rings. The highest BCUT2D eigenvalue weighted by Gasteiger charge is 2.39. The number of piperazine rings is 1. The van der Waals surface area contributed by atoms with Crippen LogP contribution >= 0.6 is 0 Å². The topological polar surface area (TPSA) is 53.0 Å². The first-order chi connectivity index (χ1) is 11.6. The number of carbonyl (C=O) groups excluding carboxylic acids is 1. The number of rotatable bonds is 4. The fraction of sp³-hybridized carbons (Fsp3) is 0.632. The Hall–Kier alpha value is -1.43. The van der Waals surface area contributed by atoms with E-state index in [0.717, 1.165) is 44.6 Å². The van der Waals surface area contributed by atoms with Crippen molar-refractivity contribution in [2.24, 2.45) is 5.41 Å². The number of ether oxygens (including phenoxy) is 1. The van der Waals surface area contributed by atoms with E-state index in [4.69, 9.17) is 4.74 Å². The molecule has 1 amide bonds. The SMILES string of the molecule is CC1(C(=O)N2CCN(C[C@@H](O)c3ccccc3)CC2)CCOCC1. The lowest BCUT2D eigenvalue weighted by atomic mass is 9.81. The minimum atomic E-state index is -0.471. The van der Waals surface area contributed by atoms with Crippen LogP contribution in [0.2, 0.25) is 0 Å². The van der Waals surface area contributed by atoms with Crippen LogP contribution in [-0.2, 0) is 9.53 Å². The fourth-order valence-corrected chi connectivity index (χ4v) is 3.58. The van der Waals surface area contributed by atoms with E-state index in [0.29, 0.717) is 19.8 Å². The quantitative estimate of drug-likeness (QED) is 0.911. The van der Waals surface area contributed by atoms with Crippen molar-refractivity contribution >= 4 is 5.91 Å². The highest BCUT2D eigenvalue weighted by atomic mass is 16.5. The molecule has 0 saturated carbocycles. The molecule has 132 valence electrons. The second-order valence-electron chi connectivity index (χ2n) is 7.19. The van der Waals surface area contributed by atoms with Crippen LogP contribution in [0.25, 0.3) is 0 Å². The monoisotopic (exact) mass is 332 g/mol. The van der Waals surface area contributed by atoms with E-state index in [2.05, 4.69) is 11.8 Å². The summed E-state index contributed by atoms with van der Waals surface area (Å²) >= 11 is 0. The maximum absolute atomic E-state index is 12.8. The number of carbonyl (C=O) groups is 1. The van der Waals surface area contributed by atoms with Crippen LogP contribution in [0, 0.1) is 5.41 Å². The third kappa shape index (κ3) is 3.97. The van der Waals surface area contributed by atoms with Gasteiger partial charge < -0.3 is 14.7 Å². The van der Waals surface area contributed by atoms with Gasteiger partial charge in [-0.3, -0.25) is 9.69 Å². The van der Waals surface area contributed by atoms with Gasteiger partial charge in [0.1, 0.15) is 0 Å². The molecule has 0 radical (unpaired) electrons. The molecular weight excluding hydrogens is 304 g/mol. The molecule has 0 unspecified atom stereocenters. The molecule has 1 atom stereocenters. The summed E-state index contributed by atoms with van der Waals surface area (Å²) < 4.78 is 5.40. The molecule has 0 aliphatic carbocycles. The summed E-state index contributed by atoms with van der Waals surface area (Å²) in [5, 5.41) is 10.4. The Morgan fingerprint density at radius 1 is 1.17 bits per heavy atom. The zero-order chi connectivity index (χ0) is 17.0. The van der Waals surface area contributed by atoms with Gasteiger partial charge in [-0.25, -0.2) is 0 Å². The predicted molar refractivity (Wildman–Crippen MR) is 92.6 cm³/mol. The number of aliphatic hydroxyl groups excluding tert-OH is 1. The maximum atomic E-state index is 12.8. The Morgan fingerprint density at radius 2 is 1.79 bits per heavy atom. The van der Waals surface area contributed by atoms with Crippen LogP contribution in [0.15, 0.2) is 30.3 Å². The van der Waals surface area contributed by atoms with Gasteiger partial charge in [0.2, 0.25) is 5.91 Å². The lowest BCUT2D eigenvalue weighted by Gasteiger charge is -2.41. The molecule has 24 heavy (non-hydrogen) atoms. The minimum absolute atomic E-state index is 0.260. The normalized spacial score (nSPS) is 23.0. The number of amides is 1. The van der Waals surface area contributed by atoms with Crippen molar-refractivity contribution in [1.82, 2.24) is 9.80 Å².